The van der Waals surface area contributed by atoms with E-state index in [1.54, 1.807) is 19.1 Å². The second kappa shape index (κ2) is 5.74. The van der Waals surface area contributed by atoms with Crippen LogP contribution in [0.3, 0.4) is 0 Å². The summed E-state index contributed by atoms with van der Waals surface area (Å²) in [5.41, 5.74) is 0. The second-order valence-corrected chi connectivity index (χ2v) is 5.98. The smallest absolute Gasteiger partial charge is 0.243 e. The SMILES string of the molecule is Cc1ccc(C(O)CNS(=O)(=O)c2ccccc2F)o1. The lowest BCUT2D eigenvalue weighted by Gasteiger charge is -2.10. The Labute approximate surface area is 116 Å². The molecule has 0 spiro atoms. The first-order valence-electron chi connectivity index (χ1n) is 5.89. The van der Waals surface area contributed by atoms with Gasteiger partial charge in [-0.15, -0.1) is 0 Å². The van der Waals surface area contributed by atoms with Crippen LogP contribution in [0.25, 0.3) is 0 Å². The number of hydrogen-bond donors (Lipinski definition) is 2. The van der Waals surface area contributed by atoms with Gasteiger partial charge in [0.2, 0.25) is 10.0 Å². The minimum absolute atomic E-state index is 0.249. The number of benzene rings is 1. The van der Waals surface area contributed by atoms with E-state index in [0.717, 1.165) is 12.1 Å². The Morgan fingerprint density at radius 3 is 2.60 bits per heavy atom. The van der Waals surface area contributed by atoms with Gasteiger partial charge in [-0.25, -0.2) is 17.5 Å². The zero-order valence-corrected chi connectivity index (χ0v) is 11.5. The molecule has 2 aromatic rings. The van der Waals surface area contributed by atoms with Gasteiger partial charge in [-0.1, -0.05) is 12.1 Å². The fourth-order valence-corrected chi connectivity index (χ4v) is 2.78. The number of rotatable bonds is 5. The summed E-state index contributed by atoms with van der Waals surface area (Å²) in [5.74, 6) is 0.0121. The van der Waals surface area contributed by atoms with Crippen LogP contribution < -0.4 is 4.72 Å². The highest BCUT2D eigenvalue weighted by Crippen LogP contribution is 2.17. The number of sulfonamides is 1. The van der Waals surface area contributed by atoms with Crippen LogP contribution in [0.15, 0.2) is 45.7 Å². The number of furan rings is 1. The summed E-state index contributed by atoms with van der Waals surface area (Å²) in [6.07, 6.45) is -1.13. The Morgan fingerprint density at radius 1 is 1.30 bits per heavy atom. The molecule has 0 saturated carbocycles. The van der Waals surface area contributed by atoms with Crippen LogP contribution in [-0.4, -0.2) is 20.1 Å². The van der Waals surface area contributed by atoms with E-state index in [1.165, 1.54) is 12.1 Å². The number of aliphatic hydroxyl groups excluding tert-OH is 1. The van der Waals surface area contributed by atoms with Crippen molar-refractivity contribution in [1.29, 1.82) is 0 Å². The molecule has 0 bridgehead atoms. The van der Waals surface area contributed by atoms with Gasteiger partial charge < -0.3 is 9.52 Å². The molecule has 0 aliphatic carbocycles. The lowest BCUT2D eigenvalue weighted by molar-refractivity contribution is 0.152. The van der Waals surface area contributed by atoms with Crippen molar-refractivity contribution in [3.63, 3.8) is 0 Å². The Hall–Kier alpha value is -1.70. The van der Waals surface area contributed by atoms with Crippen LogP contribution in [0.2, 0.25) is 0 Å². The molecule has 1 aromatic carbocycles. The monoisotopic (exact) mass is 299 g/mol. The molecule has 2 rings (SSSR count). The predicted molar refractivity (Wildman–Crippen MR) is 70.0 cm³/mol. The van der Waals surface area contributed by atoms with E-state index < -0.39 is 26.8 Å². The first-order chi connectivity index (χ1) is 9.40. The van der Waals surface area contributed by atoms with Crippen molar-refractivity contribution in [1.82, 2.24) is 4.72 Å². The lowest BCUT2D eigenvalue weighted by Crippen LogP contribution is -2.29. The van der Waals surface area contributed by atoms with Gasteiger partial charge in [-0.05, 0) is 31.2 Å². The van der Waals surface area contributed by atoms with Crippen LogP contribution in [0.1, 0.15) is 17.6 Å². The quantitative estimate of drug-likeness (QED) is 0.881. The van der Waals surface area contributed by atoms with Crippen LogP contribution in [0, 0.1) is 12.7 Å². The van der Waals surface area contributed by atoms with Crippen molar-refractivity contribution >= 4 is 10.0 Å². The highest BCUT2D eigenvalue weighted by Gasteiger charge is 2.21. The Morgan fingerprint density at radius 2 is 2.00 bits per heavy atom. The third-order valence-corrected chi connectivity index (χ3v) is 4.14. The minimum Gasteiger partial charge on any atom is -0.464 e. The summed E-state index contributed by atoms with van der Waals surface area (Å²) in [6.45, 7) is 1.41. The standard InChI is InChI=1S/C13H14FNO4S/c1-9-6-7-12(19-9)11(16)8-15-20(17,18)13-5-3-2-4-10(13)14/h2-7,11,15-16H,8H2,1H3. The molecule has 0 saturated heterocycles. The maximum Gasteiger partial charge on any atom is 0.243 e. The minimum atomic E-state index is -4.01. The van der Waals surface area contributed by atoms with Crippen LogP contribution >= 0.6 is 0 Å². The Bertz CT molecular complexity index is 696. The fourth-order valence-electron chi connectivity index (χ4n) is 1.66. The average molecular weight is 299 g/mol. The number of aryl methyl sites for hydroxylation is 1. The van der Waals surface area contributed by atoms with Crippen LogP contribution in [0.5, 0.6) is 0 Å². The Balaban J connectivity index is 2.08. The van der Waals surface area contributed by atoms with E-state index in [9.17, 15) is 17.9 Å². The largest absolute Gasteiger partial charge is 0.464 e. The van der Waals surface area contributed by atoms with E-state index in [0.29, 0.717) is 5.76 Å². The van der Waals surface area contributed by atoms with Crippen molar-refractivity contribution in [3.05, 3.63) is 53.7 Å². The third-order valence-electron chi connectivity index (χ3n) is 2.68. The average Bonchev–Trinajstić information content (AvgIpc) is 2.83. The number of hydrogen-bond acceptors (Lipinski definition) is 4. The topological polar surface area (TPSA) is 79.5 Å². The van der Waals surface area contributed by atoms with E-state index >= 15 is 0 Å². The zero-order valence-electron chi connectivity index (χ0n) is 10.7. The van der Waals surface area contributed by atoms with Crippen molar-refractivity contribution in [2.45, 2.75) is 17.9 Å². The normalized spacial score (nSPS) is 13.3. The fraction of sp³-hybridized carbons (Fsp3) is 0.231. The molecule has 0 radical (unpaired) electrons. The lowest BCUT2D eigenvalue weighted by atomic mass is 10.3. The molecule has 1 heterocycles. The summed E-state index contributed by atoms with van der Waals surface area (Å²) < 4.78 is 44.6. The summed E-state index contributed by atoms with van der Waals surface area (Å²) in [4.78, 5) is -0.456. The maximum atomic E-state index is 13.4. The molecule has 0 aliphatic rings. The zero-order chi connectivity index (χ0) is 14.8. The summed E-state index contributed by atoms with van der Waals surface area (Å²) in [7, 11) is -4.01. The molecule has 5 nitrogen and oxygen atoms in total. The highest BCUT2D eigenvalue weighted by atomic mass is 32.2. The molecule has 7 heteroatoms. The maximum absolute atomic E-state index is 13.4. The molecule has 1 aromatic heterocycles. The van der Waals surface area contributed by atoms with Gasteiger partial charge in [0, 0.05) is 6.54 Å². The number of nitrogens with one attached hydrogen (secondary N) is 1. The van der Waals surface area contributed by atoms with E-state index in [4.69, 9.17) is 4.42 Å². The first kappa shape index (κ1) is 14.7. The number of halogens is 1. The van der Waals surface area contributed by atoms with Gasteiger partial charge in [0.15, 0.2) is 0 Å². The van der Waals surface area contributed by atoms with E-state index in [-0.39, 0.29) is 12.3 Å². The Kier molecular flexibility index (Phi) is 4.22. The van der Waals surface area contributed by atoms with Crippen molar-refractivity contribution in [2.75, 3.05) is 6.54 Å². The summed E-state index contributed by atoms with van der Waals surface area (Å²) >= 11 is 0. The van der Waals surface area contributed by atoms with Crippen molar-refractivity contribution in [2.24, 2.45) is 0 Å². The molecule has 0 fully saturated rings. The summed E-state index contributed by atoms with van der Waals surface area (Å²) in [6, 6.07) is 8.24. The molecule has 0 amide bonds. The molecule has 0 aliphatic heterocycles. The third kappa shape index (κ3) is 3.24. The molecule has 1 unspecified atom stereocenters. The predicted octanol–water partition coefficient (Wildman–Crippen LogP) is 1.74. The summed E-state index contributed by atoms with van der Waals surface area (Å²) in [5, 5.41) is 9.80. The van der Waals surface area contributed by atoms with Gasteiger partial charge in [0.1, 0.15) is 28.3 Å². The molecular weight excluding hydrogens is 285 g/mol. The first-order valence-corrected chi connectivity index (χ1v) is 7.37. The molecule has 1 atom stereocenters. The van der Waals surface area contributed by atoms with Gasteiger partial charge >= 0.3 is 0 Å². The molecular formula is C13H14FNO4S. The second-order valence-electron chi connectivity index (χ2n) is 4.25. The van der Waals surface area contributed by atoms with Gasteiger partial charge in [-0.3, -0.25) is 0 Å². The number of aliphatic hydroxyl groups is 1. The van der Waals surface area contributed by atoms with Crippen molar-refractivity contribution < 1.29 is 22.3 Å². The molecule has 108 valence electrons. The van der Waals surface area contributed by atoms with Crippen molar-refractivity contribution in [3.8, 4) is 0 Å². The van der Waals surface area contributed by atoms with E-state index in [2.05, 4.69) is 4.72 Å². The van der Waals surface area contributed by atoms with Crippen LogP contribution in [0.4, 0.5) is 4.39 Å². The molecule has 2 N–H and O–H groups in total. The van der Waals surface area contributed by atoms with Gasteiger partial charge in [0.05, 0.1) is 0 Å². The van der Waals surface area contributed by atoms with Crippen LogP contribution in [-0.2, 0) is 10.0 Å². The highest BCUT2D eigenvalue weighted by molar-refractivity contribution is 7.89. The van der Waals surface area contributed by atoms with Gasteiger partial charge in [0.25, 0.3) is 0 Å². The van der Waals surface area contributed by atoms with Gasteiger partial charge in [-0.2, -0.15) is 0 Å². The van der Waals surface area contributed by atoms with E-state index in [1.807, 2.05) is 0 Å². The molecule has 20 heavy (non-hydrogen) atoms.